The SMILES string of the molecule is COc1ccc2c3c1O[C@@H]1C34CCN(C#N)C(C2)[C@]42CC[C@@]1(OC)[C@@H]([C@H](C)O)C2. The van der Waals surface area contributed by atoms with Crippen molar-refractivity contribution in [3.8, 4) is 17.7 Å². The minimum atomic E-state index is -0.520. The highest BCUT2D eigenvalue weighted by molar-refractivity contribution is 5.63. The first-order chi connectivity index (χ1) is 14.0. The fourth-order valence-corrected chi connectivity index (χ4v) is 8.35. The summed E-state index contributed by atoms with van der Waals surface area (Å²) < 4.78 is 18.8. The van der Waals surface area contributed by atoms with Gasteiger partial charge in [-0.25, -0.2) is 0 Å². The van der Waals surface area contributed by atoms with Gasteiger partial charge in [-0.1, -0.05) is 6.07 Å². The Balaban J connectivity index is 1.68. The van der Waals surface area contributed by atoms with Gasteiger partial charge in [0.2, 0.25) is 0 Å². The van der Waals surface area contributed by atoms with Gasteiger partial charge >= 0.3 is 0 Å². The Morgan fingerprint density at radius 3 is 2.83 bits per heavy atom. The van der Waals surface area contributed by atoms with Crippen LogP contribution in [0.1, 0.15) is 43.7 Å². The predicted octanol–water partition coefficient (Wildman–Crippen LogP) is 2.37. The Kier molecular flexibility index (Phi) is 3.31. The first kappa shape index (κ1) is 17.9. The molecular formula is C23H28N2O4. The lowest BCUT2D eigenvalue weighted by Crippen LogP contribution is -2.81. The van der Waals surface area contributed by atoms with Crippen LogP contribution in [-0.4, -0.2) is 54.6 Å². The number of methoxy groups -OCH3 is 2. The molecule has 4 fully saturated rings. The minimum absolute atomic E-state index is 0.0117. The van der Waals surface area contributed by atoms with Crippen molar-refractivity contribution in [2.45, 2.75) is 68.3 Å². The van der Waals surface area contributed by atoms with E-state index in [2.05, 4.69) is 12.3 Å². The summed E-state index contributed by atoms with van der Waals surface area (Å²) >= 11 is 0. The first-order valence-corrected chi connectivity index (χ1v) is 10.8. The van der Waals surface area contributed by atoms with Gasteiger partial charge in [0.15, 0.2) is 17.7 Å². The third-order valence-electron chi connectivity index (χ3n) is 9.33. The molecule has 6 nitrogen and oxygen atoms in total. The number of likely N-dealkylation sites (tertiary alicyclic amines) is 1. The molecule has 2 spiro atoms. The summed E-state index contributed by atoms with van der Waals surface area (Å²) in [4.78, 5) is 2.01. The number of hydrogen-bond acceptors (Lipinski definition) is 6. The molecule has 1 N–H and O–H groups in total. The highest BCUT2D eigenvalue weighted by atomic mass is 16.6. The van der Waals surface area contributed by atoms with Crippen LogP contribution in [0.5, 0.6) is 11.5 Å². The van der Waals surface area contributed by atoms with E-state index in [0.29, 0.717) is 0 Å². The van der Waals surface area contributed by atoms with E-state index in [-0.39, 0.29) is 28.9 Å². The number of aliphatic hydroxyl groups is 1. The molecule has 6 aliphatic rings. The van der Waals surface area contributed by atoms with Crippen LogP contribution < -0.4 is 9.47 Å². The van der Waals surface area contributed by atoms with E-state index < -0.39 is 11.7 Å². The molecule has 4 bridgehead atoms. The van der Waals surface area contributed by atoms with E-state index in [9.17, 15) is 10.4 Å². The van der Waals surface area contributed by atoms with Crippen molar-refractivity contribution in [1.29, 1.82) is 5.26 Å². The van der Waals surface area contributed by atoms with E-state index in [1.54, 1.807) is 14.2 Å². The van der Waals surface area contributed by atoms with Gasteiger partial charge in [-0.05, 0) is 50.7 Å². The Bertz CT molecular complexity index is 942. The van der Waals surface area contributed by atoms with Gasteiger partial charge < -0.3 is 24.2 Å². The molecule has 4 aliphatic carbocycles. The molecular weight excluding hydrogens is 368 g/mol. The molecule has 154 valence electrons. The van der Waals surface area contributed by atoms with Crippen molar-refractivity contribution in [2.24, 2.45) is 11.3 Å². The number of piperidine rings is 1. The van der Waals surface area contributed by atoms with Crippen LogP contribution in [-0.2, 0) is 16.6 Å². The largest absolute Gasteiger partial charge is 0.493 e. The zero-order chi connectivity index (χ0) is 20.2. The van der Waals surface area contributed by atoms with Crippen molar-refractivity contribution in [2.75, 3.05) is 20.8 Å². The van der Waals surface area contributed by atoms with Crippen LogP contribution in [0.25, 0.3) is 0 Å². The molecule has 0 radical (unpaired) electrons. The second-order valence-corrected chi connectivity index (χ2v) is 9.73. The maximum Gasteiger partial charge on any atom is 0.179 e. The Labute approximate surface area is 171 Å². The Hall–Kier alpha value is -1.97. The molecule has 7 rings (SSSR count). The Morgan fingerprint density at radius 1 is 1.31 bits per heavy atom. The second-order valence-electron chi connectivity index (χ2n) is 9.73. The summed E-state index contributed by atoms with van der Waals surface area (Å²) in [5.41, 5.74) is 1.81. The lowest BCUT2D eigenvalue weighted by molar-refractivity contribution is -0.285. The summed E-state index contributed by atoms with van der Waals surface area (Å²) in [5, 5.41) is 20.7. The first-order valence-electron chi connectivity index (χ1n) is 10.8. The van der Waals surface area contributed by atoms with E-state index in [4.69, 9.17) is 14.2 Å². The molecule has 0 amide bonds. The van der Waals surface area contributed by atoms with Gasteiger partial charge in [0.25, 0.3) is 0 Å². The number of benzene rings is 1. The van der Waals surface area contributed by atoms with Crippen molar-refractivity contribution in [1.82, 2.24) is 4.90 Å². The van der Waals surface area contributed by atoms with E-state index in [1.807, 2.05) is 17.9 Å². The van der Waals surface area contributed by atoms with Crippen LogP contribution in [0.2, 0.25) is 0 Å². The van der Waals surface area contributed by atoms with Crippen molar-refractivity contribution >= 4 is 0 Å². The molecule has 7 atom stereocenters. The summed E-state index contributed by atoms with van der Waals surface area (Å²) in [6.07, 6.45) is 6.31. The van der Waals surface area contributed by atoms with E-state index in [0.717, 1.165) is 50.1 Å². The van der Waals surface area contributed by atoms with Crippen LogP contribution in [0.4, 0.5) is 0 Å². The summed E-state index contributed by atoms with van der Waals surface area (Å²) in [5.74, 6) is 1.64. The van der Waals surface area contributed by atoms with Crippen LogP contribution in [0, 0.1) is 22.8 Å². The molecule has 29 heavy (non-hydrogen) atoms. The quantitative estimate of drug-likeness (QED) is 0.791. The molecule has 1 aromatic carbocycles. The molecule has 2 heterocycles. The maximum absolute atomic E-state index is 10.8. The number of ether oxygens (including phenoxy) is 3. The molecule has 6 heteroatoms. The normalized spacial score (nSPS) is 44.0. The van der Waals surface area contributed by atoms with Crippen molar-refractivity contribution < 1.29 is 19.3 Å². The highest BCUT2D eigenvalue weighted by Crippen LogP contribution is 2.76. The van der Waals surface area contributed by atoms with Gasteiger partial charge in [0.05, 0.1) is 13.2 Å². The fraction of sp³-hybridized carbons (Fsp3) is 0.696. The molecule has 1 saturated heterocycles. The monoisotopic (exact) mass is 396 g/mol. The fourth-order valence-electron chi connectivity index (χ4n) is 8.35. The second kappa shape index (κ2) is 5.39. The third-order valence-corrected chi connectivity index (χ3v) is 9.33. The van der Waals surface area contributed by atoms with Crippen LogP contribution in [0.15, 0.2) is 12.1 Å². The molecule has 2 unspecified atom stereocenters. The van der Waals surface area contributed by atoms with E-state index in [1.165, 1.54) is 11.1 Å². The van der Waals surface area contributed by atoms with Gasteiger partial charge in [0.1, 0.15) is 11.7 Å². The summed E-state index contributed by atoms with van der Waals surface area (Å²) in [7, 11) is 3.47. The predicted molar refractivity (Wildman–Crippen MR) is 105 cm³/mol. The molecule has 0 aromatic heterocycles. The van der Waals surface area contributed by atoms with E-state index >= 15 is 0 Å². The van der Waals surface area contributed by atoms with Gasteiger partial charge in [-0.3, -0.25) is 0 Å². The standard InChI is InChI=1S/C23H28N2O4/c1-13(26)15-11-21-6-7-23(15,28-3)20-22(21)8-9-25(12-24)17(21)10-14-4-5-16(27-2)19(29-20)18(14)22/h4-5,13,15,17,20,26H,6-11H2,1-3H3/t13-,15+,17?,20+,21+,22?,23+/m0/s1. The van der Waals surface area contributed by atoms with Gasteiger partial charge in [-0.2, -0.15) is 5.26 Å². The highest BCUT2D eigenvalue weighted by Gasteiger charge is 2.81. The van der Waals surface area contributed by atoms with Crippen molar-refractivity contribution in [3.63, 3.8) is 0 Å². The minimum Gasteiger partial charge on any atom is -0.493 e. The molecule has 2 aliphatic heterocycles. The maximum atomic E-state index is 10.8. The molecule has 3 saturated carbocycles. The zero-order valence-electron chi connectivity index (χ0n) is 17.3. The van der Waals surface area contributed by atoms with Gasteiger partial charge in [0, 0.05) is 42.0 Å². The number of nitriles is 1. The lowest BCUT2D eigenvalue weighted by atomic mass is 9.34. The summed E-state index contributed by atoms with van der Waals surface area (Å²) in [6, 6.07) is 4.32. The number of nitrogens with zero attached hydrogens (tertiary/aromatic N) is 2. The molecule has 1 aromatic rings. The zero-order valence-corrected chi connectivity index (χ0v) is 17.3. The number of fused-ring (bicyclic) bond motifs is 2. The number of aliphatic hydroxyl groups excluding tert-OH is 1. The average Bonchev–Trinajstić information content (AvgIpc) is 3.10. The van der Waals surface area contributed by atoms with Gasteiger partial charge in [-0.15, -0.1) is 0 Å². The topological polar surface area (TPSA) is 75.0 Å². The Morgan fingerprint density at radius 2 is 2.14 bits per heavy atom. The smallest absolute Gasteiger partial charge is 0.179 e. The average molecular weight is 396 g/mol. The van der Waals surface area contributed by atoms with Crippen LogP contribution >= 0.6 is 0 Å². The van der Waals surface area contributed by atoms with Crippen molar-refractivity contribution in [3.05, 3.63) is 23.3 Å². The summed E-state index contributed by atoms with van der Waals surface area (Å²) in [6.45, 7) is 2.63. The lowest BCUT2D eigenvalue weighted by Gasteiger charge is -2.73. The third kappa shape index (κ3) is 1.66. The van der Waals surface area contributed by atoms with Crippen LogP contribution in [0.3, 0.4) is 0 Å². The number of hydrogen-bond donors (Lipinski definition) is 1. The number of rotatable bonds is 3.